The van der Waals surface area contributed by atoms with E-state index in [2.05, 4.69) is 13.8 Å². The average molecular weight is 338 g/mol. The van der Waals surface area contributed by atoms with Gasteiger partial charge in [-0.2, -0.15) is 0 Å². The van der Waals surface area contributed by atoms with Crippen LogP contribution in [0.5, 0.6) is 0 Å². The molecule has 0 bridgehead atoms. The molecule has 2 amide bonds. The highest BCUT2D eigenvalue weighted by Crippen LogP contribution is 2.34. The summed E-state index contributed by atoms with van der Waals surface area (Å²) in [5, 5.41) is 0. The van der Waals surface area contributed by atoms with Crippen LogP contribution >= 0.6 is 0 Å². The SMILES string of the molecule is CCC(CC)CN1CC2(CCN(C(=O)[C@H]3CCOC3)CC2)OC1=O. The van der Waals surface area contributed by atoms with Crippen LogP contribution in [0.1, 0.15) is 46.0 Å². The van der Waals surface area contributed by atoms with Crippen LogP contribution in [-0.4, -0.2) is 66.8 Å². The highest BCUT2D eigenvalue weighted by molar-refractivity contribution is 5.79. The predicted octanol–water partition coefficient (Wildman–Crippen LogP) is 2.27. The quantitative estimate of drug-likeness (QED) is 0.772. The minimum atomic E-state index is -0.383. The van der Waals surface area contributed by atoms with E-state index in [1.807, 2.05) is 9.80 Å². The van der Waals surface area contributed by atoms with Gasteiger partial charge in [0, 0.05) is 39.1 Å². The van der Waals surface area contributed by atoms with E-state index in [-0.39, 0.29) is 23.5 Å². The van der Waals surface area contributed by atoms with E-state index in [4.69, 9.17) is 9.47 Å². The first kappa shape index (κ1) is 17.5. The number of rotatable bonds is 5. The van der Waals surface area contributed by atoms with Gasteiger partial charge in [0.1, 0.15) is 5.60 Å². The van der Waals surface area contributed by atoms with Crippen molar-refractivity contribution in [2.24, 2.45) is 11.8 Å². The lowest BCUT2D eigenvalue weighted by Crippen LogP contribution is -2.50. The molecule has 0 aromatic carbocycles. The normalized spacial score (nSPS) is 26.5. The summed E-state index contributed by atoms with van der Waals surface area (Å²) in [6, 6.07) is 0. The molecule has 0 N–H and O–H groups in total. The molecule has 6 heteroatoms. The topological polar surface area (TPSA) is 59.1 Å². The smallest absolute Gasteiger partial charge is 0.410 e. The molecule has 3 saturated heterocycles. The van der Waals surface area contributed by atoms with Crippen molar-refractivity contribution in [1.29, 1.82) is 0 Å². The van der Waals surface area contributed by atoms with Crippen LogP contribution < -0.4 is 0 Å². The molecule has 0 aromatic rings. The molecule has 0 radical (unpaired) electrons. The minimum Gasteiger partial charge on any atom is -0.441 e. The largest absolute Gasteiger partial charge is 0.441 e. The Labute approximate surface area is 144 Å². The molecule has 3 heterocycles. The Bertz CT molecular complexity index is 464. The van der Waals surface area contributed by atoms with Gasteiger partial charge < -0.3 is 19.3 Å². The zero-order valence-electron chi connectivity index (χ0n) is 15.0. The van der Waals surface area contributed by atoms with Gasteiger partial charge in [0.05, 0.1) is 19.1 Å². The van der Waals surface area contributed by atoms with E-state index in [0.29, 0.717) is 38.8 Å². The number of ether oxygens (including phenoxy) is 2. The third-order valence-corrected chi connectivity index (χ3v) is 5.94. The second-order valence-electron chi connectivity index (χ2n) is 7.50. The van der Waals surface area contributed by atoms with Crippen molar-refractivity contribution in [3.8, 4) is 0 Å². The van der Waals surface area contributed by atoms with Crippen LogP contribution in [-0.2, 0) is 14.3 Å². The summed E-state index contributed by atoms with van der Waals surface area (Å²) in [7, 11) is 0. The summed E-state index contributed by atoms with van der Waals surface area (Å²) in [6.45, 7) is 8.41. The van der Waals surface area contributed by atoms with E-state index >= 15 is 0 Å². The second-order valence-corrected chi connectivity index (χ2v) is 7.50. The van der Waals surface area contributed by atoms with Crippen molar-refractivity contribution in [2.75, 3.05) is 39.4 Å². The molecule has 3 rings (SSSR count). The maximum Gasteiger partial charge on any atom is 0.410 e. The first-order chi connectivity index (χ1) is 11.6. The molecule has 0 aromatic heterocycles. The Morgan fingerprint density at radius 2 is 2.00 bits per heavy atom. The molecule has 3 aliphatic rings. The molecule has 6 nitrogen and oxygen atoms in total. The summed E-state index contributed by atoms with van der Waals surface area (Å²) in [4.78, 5) is 28.5. The number of carbonyl (C=O) groups is 2. The van der Waals surface area contributed by atoms with Crippen molar-refractivity contribution in [3.63, 3.8) is 0 Å². The van der Waals surface area contributed by atoms with Crippen molar-refractivity contribution < 1.29 is 19.1 Å². The van der Waals surface area contributed by atoms with Crippen molar-refractivity contribution in [1.82, 2.24) is 9.80 Å². The summed E-state index contributed by atoms with van der Waals surface area (Å²) in [6.07, 6.45) is 4.32. The predicted molar refractivity (Wildman–Crippen MR) is 89.6 cm³/mol. The molecule has 0 unspecified atom stereocenters. The first-order valence-corrected chi connectivity index (χ1v) is 9.41. The number of likely N-dealkylation sites (tertiary alicyclic amines) is 1. The van der Waals surface area contributed by atoms with Crippen molar-refractivity contribution >= 4 is 12.0 Å². The molecule has 3 fully saturated rings. The van der Waals surface area contributed by atoms with Gasteiger partial charge in [-0.05, 0) is 12.3 Å². The second kappa shape index (κ2) is 7.30. The van der Waals surface area contributed by atoms with E-state index in [1.54, 1.807) is 0 Å². The van der Waals surface area contributed by atoms with Crippen LogP contribution in [0.25, 0.3) is 0 Å². The summed E-state index contributed by atoms with van der Waals surface area (Å²) in [5.41, 5.74) is -0.383. The standard InChI is InChI=1S/C18H30N2O4/c1-3-14(4-2)11-20-13-18(24-17(20)22)6-8-19(9-7-18)16(21)15-5-10-23-12-15/h14-15H,3-13H2,1-2H3/t15-/m0/s1. The monoisotopic (exact) mass is 338 g/mol. The Morgan fingerprint density at radius 3 is 2.58 bits per heavy atom. The molecule has 1 atom stereocenters. The first-order valence-electron chi connectivity index (χ1n) is 9.41. The van der Waals surface area contributed by atoms with Crippen LogP contribution in [0.2, 0.25) is 0 Å². The molecular weight excluding hydrogens is 308 g/mol. The Morgan fingerprint density at radius 1 is 1.29 bits per heavy atom. The molecule has 24 heavy (non-hydrogen) atoms. The Kier molecular flexibility index (Phi) is 5.33. The lowest BCUT2D eigenvalue weighted by atomic mass is 9.90. The fourth-order valence-electron chi connectivity index (χ4n) is 4.07. The maximum absolute atomic E-state index is 12.5. The van der Waals surface area contributed by atoms with Crippen LogP contribution in [0.3, 0.4) is 0 Å². The summed E-state index contributed by atoms with van der Waals surface area (Å²) in [5.74, 6) is 0.772. The fourth-order valence-corrected chi connectivity index (χ4v) is 4.07. The number of amides is 2. The van der Waals surface area contributed by atoms with Crippen molar-refractivity contribution in [2.45, 2.75) is 51.6 Å². The number of hydrogen-bond donors (Lipinski definition) is 0. The number of carbonyl (C=O) groups excluding carboxylic acids is 2. The van der Waals surface area contributed by atoms with E-state index in [9.17, 15) is 9.59 Å². The van der Waals surface area contributed by atoms with E-state index in [0.717, 1.165) is 38.6 Å². The van der Waals surface area contributed by atoms with Gasteiger partial charge in [-0.3, -0.25) is 4.79 Å². The van der Waals surface area contributed by atoms with Gasteiger partial charge in [0.2, 0.25) is 5.91 Å². The number of nitrogens with zero attached hydrogens (tertiary/aromatic N) is 2. The molecule has 1 spiro atoms. The Hall–Kier alpha value is -1.30. The lowest BCUT2D eigenvalue weighted by molar-refractivity contribution is -0.138. The highest BCUT2D eigenvalue weighted by Gasteiger charge is 2.48. The molecule has 0 saturated carbocycles. The van der Waals surface area contributed by atoms with E-state index < -0.39 is 0 Å². The number of hydrogen-bond acceptors (Lipinski definition) is 4. The Balaban J connectivity index is 1.53. The van der Waals surface area contributed by atoms with Gasteiger partial charge in [0.15, 0.2) is 0 Å². The molecule has 0 aliphatic carbocycles. The lowest BCUT2D eigenvalue weighted by Gasteiger charge is -2.38. The summed E-state index contributed by atoms with van der Waals surface area (Å²) >= 11 is 0. The van der Waals surface area contributed by atoms with Gasteiger partial charge in [0.25, 0.3) is 0 Å². The highest BCUT2D eigenvalue weighted by atomic mass is 16.6. The average Bonchev–Trinajstić information content (AvgIpc) is 3.22. The van der Waals surface area contributed by atoms with Crippen molar-refractivity contribution in [3.05, 3.63) is 0 Å². The van der Waals surface area contributed by atoms with Crippen LogP contribution in [0.4, 0.5) is 4.79 Å². The van der Waals surface area contributed by atoms with Gasteiger partial charge in [-0.25, -0.2) is 4.79 Å². The van der Waals surface area contributed by atoms with Gasteiger partial charge in [-0.1, -0.05) is 26.7 Å². The zero-order chi connectivity index (χ0) is 17.2. The maximum atomic E-state index is 12.5. The fraction of sp³-hybridized carbons (Fsp3) is 0.889. The third-order valence-electron chi connectivity index (χ3n) is 5.94. The van der Waals surface area contributed by atoms with Crippen LogP contribution in [0, 0.1) is 11.8 Å². The molecule has 3 aliphatic heterocycles. The van der Waals surface area contributed by atoms with Gasteiger partial charge >= 0.3 is 6.09 Å². The van der Waals surface area contributed by atoms with Crippen LogP contribution in [0.15, 0.2) is 0 Å². The zero-order valence-corrected chi connectivity index (χ0v) is 15.0. The molecule has 136 valence electrons. The number of piperidine rings is 1. The van der Waals surface area contributed by atoms with Gasteiger partial charge in [-0.15, -0.1) is 0 Å². The van der Waals surface area contributed by atoms with E-state index in [1.165, 1.54) is 0 Å². The minimum absolute atomic E-state index is 0.0246. The summed E-state index contributed by atoms with van der Waals surface area (Å²) < 4.78 is 11.1. The third kappa shape index (κ3) is 3.53. The molecular formula is C18H30N2O4.